The second kappa shape index (κ2) is 7.35. The van der Waals surface area contributed by atoms with Crippen LogP contribution in [0.3, 0.4) is 0 Å². The summed E-state index contributed by atoms with van der Waals surface area (Å²) in [4.78, 5) is 12.4. The fraction of sp³-hybridized carbons (Fsp3) is 0. The first kappa shape index (κ1) is 18.2. The highest BCUT2D eigenvalue weighted by Gasteiger charge is 2.23. The Morgan fingerprint density at radius 2 is 1.84 bits per heavy atom. The van der Waals surface area contributed by atoms with Gasteiger partial charge in [0.25, 0.3) is 5.91 Å². The summed E-state index contributed by atoms with van der Waals surface area (Å²) in [7, 11) is -4.09. The zero-order valence-electron chi connectivity index (χ0n) is 12.2. The van der Waals surface area contributed by atoms with E-state index in [4.69, 9.17) is 27.4 Å². The van der Waals surface area contributed by atoms with Gasteiger partial charge in [0, 0.05) is 5.69 Å². The average molecular weight is 434 g/mol. The first-order valence-electron chi connectivity index (χ1n) is 6.69. The molecule has 2 aromatic heterocycles. The van der Waals surface area contributed by atoms with Crippen LogP contribution in [0.2, 0.25) is 8.67 Å². The summed E-state index contributed by atoms with van der Waals surface area (Å²) in [5, 5.41) is 4.51. The molecule has 25 heavy (non-hydrogen) atoms. The standard InChI is InChI=1S/C15H9Cl2NO4S3/c16-13-8-12(14(17)24-13)25(20,21)22-10-5-3-9(4-6-10)18-15(19)11-2-1-7-23-11/h1-8H,(H,18,19). The molecule has 0 unspecified atom stereocenters. The highest BCUT2D eigenvalue weighted by Crippen LogP contribution is 2.35. The quantitative estimate of drug-likeness (QED) is 0.565. The fourth-order valence-corrected chi connectivity index (χ4v) is 5.52. The fourth-order valence-electron chi connectivity index (χ4n) is 1.86. The smallest absolute Gasteiger partial charge is 0.341 e. The second-order valence-corrected chi connectivity index (χ2v) is 9.43. The number of carbonyl (C=O) groups is 1. The third-order valence-electron chi connectivity index (χ3n) is 2.96. The largest absolute Gasteiger partial charge is 0.379 e. The molecule has 10 heteroatoms. The number of carbonyl (C=O) groups excluding carboxylic acids is 1. The van der Waals surface area contributed by atoms with Gasteiger partial charge in [0.05, 0.1) is 9.21 Å². The number of hydrogen-bond donors (Lipinski definition) is 1. The number of benzene rings is 1. The van der Waals surface area contributed by atoms with E-state index in [2.05, 4.69) is 5.32 Å². The Balaban J connectivity index is 1.72. The van der Waals surface area contributed by atoms with Crippen LogP contribution in [0.25, 0.3) is 0 Å². The van der Waals surface area contributed by atoms with Gasteiger partial charge in [-0.05, 0) is 41.8 Å². The summed E-state index contributed by atoms with van der Waals surface area (Å²) in [5.41, 5.74) is 0.514. The van der Waals surface area contributed by atoms with Gasteiger partial charge in [0.1, 0.15) is 15.0 Å². The van der Waals surface area contributed by atoms with Crippen molar-refractivity contribution in [2.45, 2.75) is 4.90 Å². The first-order chi connectivity index (χ1) is 11.8. The minimum absolute atomic E-state index is 0.0323. The maximum absolute atomic E-state index is 12.2. The molecule has 3 aromatic rings. The van der Waals surface area contributed by atoms with Gasteiger partial charge >= 0.3 is 10.1 Å². The molecule has 2 heterocycles. The Kier molecular flexibility index (Phi) is 5.35. The molecule has 1 amide bonds. The molecular formula is C15H9Cl2NO4S3. The molecule has 0 radical (unpaired) electrons. The number of rotatable bonds is 5. The van der Waals surface area contributed by atoms with Crippen LogP contribution in [0.5, 0.6) is 5.75 Å². The number of anilines is 1. The lowest BCUT2D eigenvalue weighted by atomic mass is 10.3. The molecular weight excluding hydrogens is 425 g/mol. The maximum atomic E-state index is 12.2. The molecule has 0 spiro atoms. The maximum Gasteiger partial charge on any atom is 0.341 e. The second-order valence-electron chi connectivity index (χ2n) is 4.68. The monoisotopic (exact) mass is 433 g/mol. The van der Waals surface area contributed by atoms with Crippen molar-refractivity contribution < 1.29 is 17.4 Å². The third-order valence-corrected chi connectivity index (χ3v) is 6.83. The van der Waals surface area contributed by atoms with Crippen LogP contribution < -0.4 is 9.50 Å². The van der Waals surface area contributed by atoms with Crippen LogP contribution in [-0.2, 0) is 10.1 Å². The Morgan fingerprint density at radius 1 is 1.12 bits per heavy atom. The normalized spacial score (nSPS) is 11.3. The zero-order valence-corrected chi connectivity index (χ0v) is 16.2. The van der Waals surface area contributed by atoms with Crippen LogP contribution in [0.1, 0.15) is 9.67 Å². The molecule has 0 aliphatic carbocycles. The Labute approximate surface area is 161 Å². The topological polar surface area (TPSA) is 72.5 Å². The van der Waals surface area contributed by atoms with Gasteiger partial charge in [0.15, 0.2) is 0 Å². The molecule has 0 aliphatic heterocycles. The van der Waals surface area contributed by atoms with E-state index in [0.29, 0.717) is 10.6 Å². The molecule has 0 aliphatic rings. The van der Waals surface area contributed by atoms with Crippen molar-refractivity contribution >= 4 is 67.6 Å². The van der Waals surface area contributed by atoms with E-state index in [-0.39, 0.29) is 25.2 Å². The van der Waals surface area contributed by atoms with Gasteiger partial charge in [-0.1, -0.05) is 29.3 Å². The molecule has 0 atom stereocenters. The molecule has 0 bridgehead atoms. The molecule has 1 aromatic carbocycles. The molecule has 1 N–H and O–H groups in total. The van der Waals surface area contributed by atoms with Crippen molar-refractivity contribution in [2.24, 2.45) is 0 Å². The van der Waals surface area contributed by atoms with E-state index >= 15 is 0 Å². The van der Waals surface area contributed by atoms with Gasteiger partial charge in [-0.3, -0.25) is 4.79 Å². The van der Waals surface area contributed by atoms with Crippen LogP contribution in [0, 0.1) is 0 Å². The summed E-state index contributed by atoms with van der Waals surface area (Å²) in [6.45, 7) is 0. The molecule has 0 fully saturated rings. The summed E-state index contributed by atoms with van der Waals surface area (Å²) < 4.78 is 29.8. The van der Waals surface area contributed by atoms with Crippen molar-refractivity contribution in [1.29, 1.82) is 0 Å². The predicted octanol–water partition coefficient (Wildman–Crippen LogP) is 5.14. The van der Waals surface area contributed by atoms with Gasteiger partial charge in [-0.15, -0.1) is 22.7 Å². The highest BCUT2D eigenvalue weighted by molar-refractivity contribution is 7.87. The van der Waals surface area contributed by atoms with Crippen LogP contribution >= 0.6 is 45.9 Å². The summed E-state index contributed by atoms with van der Waals surface area (Å²) >= 11 is 13.9. The molecule has 130 valence electrons. The molecule has 5 nitrogen and oxygen atoms in total. The third kappa shape index (κ3) is 4.34. The first-order valence-corrected chi connectivity index (χ1v) is 10.6. The lowest BCUT2D eigenvalue weighted by Gasteiger charge is -2.08. The number of hydrogen-bond acceptors (Lipinski definition) is 6. The number of thiophene rings is 2. The van der Waals surface area contributed by atoms with E-state index in [1.54, 1.807) is 29.6 Å². The van der Waals surface area contributed by atoms with Crippen molar-refractivity contribution in [2.75, 3.05) is 5.32 Å². The average Bonchev–Trinajstić information content (AvgIpc) is 3.19. The number of halogens is 2. The number of amides is 1. The minimum atomic E-state index is -4.09. The van der Waals surface area contributed by atoms with Gasteiger partial charge < -0.3 is 9.50 Å². The van der Waals surface area contributed by atoms with Crippen molar-refractivity contribution in [3.05, 3.63) is 61.4 Å². The van der Waals surface area contributed by atoms with Crippen molar-refractivity contribution in [3.8, 4) is 5.75 Å². The molecule has 0 saturated heterocycles. The van der Waals surface area contributed by atoms with Crippen molar-refractivity contribution in [1.82, 2.24) is 0 Å². The number of nitrogens with one attached hydrogen (secondary N) is 1. The minimum Gasteiger partial charge on any atom is -0.379 e. The van der Waals surface area contributed by atoms with E-state index < -0.39 is 10.1 Å². The zero-order chi connectivity index (χ0) is 18.0. The SMILES string of the molecule is O=C(Nc1ccc(OS(=O)(=O)c2cc(Cl)sc2Cl)cc1)c1cccs1. The lowest BCUT2D eigenvalue weighted by molar-refractivity contribution is 0.103. The van der Waals surface area contributed by atoms with E-state index in [1.807, 2.05) is 0 Å². The lowest BCUT2D eigenvalue weighted by Crippen LogP contribution is -2.11. The Morgan fingerprint density at radius 3 is 2.40 bits per heavy atom. The summed E-state index contributed by atoms with van der Waals surface area (Å²) in [6.07, 6.45) is 0. The Hall–Kier alpha value is -1.58. The van der Waals surface area contributed by atoms with Crippen LogP contribution in [0.15, 0.2) is 52.7 Å². The summed E-state index contributed by atoms with van der Waals surface area (Å²) in [5.74, 6) is -0.150. The van der Waals surface area contributed by atoms with Gasteiger partial charge in [-0.2, -0.15) is 8.42 Å². The van der Waals surface area contributed by atoms with Crippen LogP contribution in [0.4, 0.5) is 5.69 Å². The summed E-state index contributed by atoms with van der Waals surface area (Å²) in [6, 6.07) is 10.7. The molecule has 0 saturated carbocycles. The van der Waals surface area contributed by atoms with Gasteiger partial charge in [-0.25, -0.2) is 0 Å². The van der Waals surface area contributed by atoms with E-state index in [0.717, 1.165) is 11.3 Å². The van der Waals surface area contributed by atoms with Gasteiger partial charge in [0.2, 0.25) is 0 Å². The van der Waals surface area contributed by atoms with E-state index in [1.165, 1.54) is 29.5 Å². The van der Waals surface area contributed by atoms with Crippen molar-refractivity contribution in [3.63, 3.8) is 0 Å². The Bertz CT molecular complexity index is 996. The highest BCUT2D eigenvalue weighted by atomic mass is 35.5. The van der Waals surface area contributed by atoms with E-state index in [9.17, 15) is 13.2 Å². The molecule has 3 rings (SSSR count). The van der Waals surface area contributed by atoms with Crippen LogP contribution in [-0.4, -0.2) is 14.3 Å². The predicted molar refractivity (Wildman–Crippen MR) is 101 cm³/mol.